The van der Waals surface area contributed by atoms with E-state index in [1.165, 1.54) is 32.8 Å². The van der Waals surface area contributed by atoms with Crippen LogP contribution in [0.1, 0.15) is 33.6 Å². The number of benzene rings is 4. The molecule has 0 aromatic heterocycles. The predicted molar refractivity (Wildman–Crippen MR) is 154 cm³/mol. The fourth-order valence-corrected chi connectivity index (χ4v) is 7.04. The maximum Gasteiger partial charge on any atom is 2.00 e. The number of rotatable bonds is 4. The van der Waals surface area contributed by atoms with Crippen LogP contribution >= 0.6 is 16.4 Å². The van der Waals surface area contributed by atoms with E-state index in [0.29, 0.717) is 11.3 Å². The summed E-state index contributed by atoms with van der Waals surface area (Å²) in [6.07, 6.45) is 9.23. The summed E-state index contributed by atoms with van der Waals surface area (Å²) in [5.41, 5.74) is 6.72. The van der Waals surface area contributed by atoms with Crippen molar-refractivity contribution >= 4 is 27.0 Å². The maximum absolute atomic E-state index is 2.33. The Bertz CT molecular complexity index is 1230. The van der Waals surface area contributed by atoms with Crippen LogP contribution in [0.25, 0.3) is 0 Å². The van der Waals surface area contributed by atoms with Crippen LogP contribution < -0.4 is 24.8 Å². The van der Waals surface area contributed by atoms with Gasteiger partial charge in [0.05, 0.1) is 0 Å². The first-order valence-electron chi connectivity index (χ1n) is 11.7. The van der Waals surface area contributed by atoms with Gasteiger partial charge < -0.3 is 24.8 Å². The number of halogens is 2. The molecule has 0 saturated heterocycles. The van der Waals surface area contributed by atoms with E-state index >= 15 is 0 Å². The van der Waals surface area contributed by atoms with E-state index in [2.05, 4.69) is 146 Å². The second-order valence-corrected chi connectivity index (χ2v) is 11.2. The molecule has 0 saturated carbocycles. The summed E-state index contributed by atoms with van der Waals surface area (Å²) in [4.78, 5) is 0. The van der Waals surface area contributed by atoms with Crippen LogP contribution in [0.3, 0.4) is 0 Å². The molecule has 4 aromatic carbocycles. The molecule has 4 atom stereocenters. The van der Waals surface area contributed by atoms with Crippen LogP contribution in [0.2, 0.25) is 0 Å². The standard InChI is InChI=1S/2C16H13P.2ClH.Zr/c2*1-3-7-13(8-4-1)15-11-12-16(17-15)14-9-5-2-6-10-14;;;/h2*1-12,15H;2*1H;/q;;;;+2. The summed E-state index contributed by atoms with van der Waals surface area (Å²) in [5, 5.41) is 2.94. The average Bonchev–Trinajstić information content (AvgIpc) is 3.62. The topological polar surface area (TPSA) is 0 Å². The molecule has 0 nitrogen and oxygen atoms in total. The molecule has 0 aliphatic carbocycles. The van der Waals surface area contributed by atoms with Gasteiger partial charge in [-0.05, 0) is 24.3 Å². The van der Waals surface area contributed by atoms with Gasteiger partial charge in [0.25, 0.3) is 0 Å². The van der Waals surface area contributed by atoms with Crippen molar-refractivity contribution in [3.63, 3.8) is 0 Å². The molecule has 2 heterocycles. The van der Waals surface area contributed by atoms with Gasteiger partial charge in [0.2, 0.25) is 0 Å². The zero-order valence-corrected chi connectivity index (χ0v) is 26.2. The first-order chi connectivity index (χ1) is 16.9. The van der Waals surface area contributed by atoms with Crippen LogP contribution in [0.5, 0.6) is 0 Å². The monoisotopic (exact) mass is 634 g/mol. The number of hydrogen-bond acceptors (Lipinski definition) is 0. The van der Waals surface area contributed by atoms with E-state index in [9.17, 15) is 0 Å². The molecular formula is C32H28Cl2P2Zr+2. The van der Waals surface area contributed by atoms with E-state index in [4.69, 9.17) is 0 Å². The van der Waals surface area contributed by atoms with Crippen molar-refractivity contribution in [2.45, 2.75) is 11.3 Å². The van der Waals surface area contributed by atoms with Gasteiger partial charge in [-0.3, -0.25) is 0 Å². The Kier molecular flexibility index (Phi) is 13.7. The third-order valence-corrected chi connectivity index (χ3v) is 9.23. The second-order valence-electron chi connectivity index (χ2n) is 8.34. The van der Waals surface area contributed by atoms with E-state index < -0.39 is 0 Å². The van der Waals surface area contributed by atoms with E-state index in [0.717, 1.165) is 16.4 Å². The van der Waals surface area contributed by atoms with Gasteiger partial charge in [0, 0.05) is 22.3 Å². The quantitative estimate of drug-likeness (QED) is 0.302. The third kappa shape index (κ3) is 8.58. The zero-order valence-electron chi connectivity index (χ0n) is 20.3. The summed E-state index contributed by atoms with van der Waals surface area (Å²) >= 11 is 0. The summed E-state index contributed by atoms with van der Waals surface area (Å²) in [6.45, 7) is 0. The van der Waals surface area contributed by atoms with Gasteiger partial charge in [-0.15, -0.1) is 0 Å². The minimum Gasteiger partial charge on any atom is -1.00 e. The molecule has 0 N–H and O–H groups in total. The summed E-state index contributed by atoms with van der Waals surface area (Å²) in [7, 11) is 1.70. The van der Waals surface area contributed by atoms with Crippen molar-refractivity contribution in [3.05, 3.63) is 168 Å². The molecule has 0 amide bonds. The molecule has 4 aromatic rings. The average molecular weight is 637 g/mol. The van der Waals surface area contributed by atoms with Crippen LogP contribution in [0, 0.1) is 0 Å². The van der Waals surface area contributed by atoms with Crippen LogP contribution in [-0.2, 0) is 26.2 Å². The van der Waals surface area contributed by atoms with Crippen LogP contribution in [0.4, 0.5) is 0 Å². The second kappa shape index (κ2) is 16.2. The summed E-state index contributed by atoms with van der Waals surface area (Å²) in [5.74, 6) is 0. The molecule has 0 bridgehead atoms. The van der Waals surface area contributed by atoms with Crippen molar-refractivity contribution in [2.24, 2.45) is 0 Å². The third-order valence-electron chi connectivity index (χ3n) is 6.02. The Labute approximate surface area is 255 Å². The Hall–Kier alpha value is -1.84. The maximum atomic E-state index is 2.33. The van der Waals surface area contributed by atoms with Gasteiger partial charge in [0.15, 0.2) is 11.3 Å². The molecule has 2 aliphatic heterocycles. The first-order valence-corrected chi connectivity index (χ1v) is 13.9. The largest absolute Gasteiger partial charge is 2.00 e. The number of allylic oxidation sites excluding steroid dienone is 4. The zero-order chi connectivity index (χ0) is 23.0. The minimum absolute atomic E-state index is 0. The molecule has 2 aliphatic rings. The molecule has 5 heteroatoms. The van der Waals surface area contributed by atoms with Crippen molar-refractivity contribution in [1.82, 2.24) is 0 Å². The van der Waals surface area contributed by atoms with Gasteiger partial charge >= 0.3 is 26.2 Å². The first kappa shape index (κ1) is 31.4. The molecule has 37 heavy (non-hydrogen) atoms. The normalized spacial score (nSPS) is 17.5. The Morgan fingerprint density at radius 1 is 0.405 bits per heavy atom. The molecule has 4 unspecified atom stereocenters. The fraction of sp³-hybridized carbons (Fsp3) is 0.0625. The van der Waals surface area contributed by atoms with E-state index in [1.807, 2.05) is 0 Å². The summed E-state index contributed by atoms with van der Waals surface area (Å²) in [6, 6.07) is 42.9. The van der Waals surface area contributed by atoms with Crippen LogP contribution in [-0.4, -0.2) is 10.6 Å². The van der Waals surface area contributed by atoms with Crippen molar-refractivity contribution < 1.29 is 51.0 Å². The van der Waals surface area contributed by atoms with Gasteiger partial charge in [0.1, 0.15) is 27.0 Å². The van der Waals surface area contributed by atoms with Gasteiger partial charge in [-0.1, -0.05) is 121 Å². The Morgan fingerprint density at radius 3 is 1.03 bits per heavy atom. The molecule has 0 radical (unpaired) electrons. The van der Waals surface area contributed by atoms with Gasteiger partial charge in [-0.25, -0.2) is 0 Å². The van der Waals surface area contributed by atoms with Gasteiger partial charge in [-0.2, -0.15) is 0 Å². The summed E-state index contributed by atoms with van der Waals surface area (Å²) < 4.78 is 0. The van der Waals surface area contributed by atoms with Crippen molar-refractivity contribution in [3.8, 4) is 0 Å². The van der Waals surface area contributed by atoms with E-state index in [1.54, 1.807) is 0 Å². The SMILES string of the molecule is C1=CC(c2ccccc2)[PH+]=C1c1ccccc1.C1=CC(c2ccccc2)[PH+]=C1c1ccccc1.[Cl-].[Cl-].[Zr+2]. The van der Waals surface area contributed by atoms with E-state index in [-0.39, 0.29) is 51.0 Å². The van der Waals surface area contributed by atoms with Crippen molar-refractivity contribution in [1.29, 1.82) is 0 Å². The smallest absolute Gasteiger partial charge is 1.00 e. The molecule has 0 fully saturated rings. The molecular weight excluding hydrogens is 608 g/mol. The molecule has 6 rings (SSSR count). The van der Waals surface area contributed by atoms with Crippen molar-refractivity contribution in [2.75, 3.05) is 0 Å². The Balaban J connectivity index is 0.000000241. The fourth-order valence-electron chi connectivity index (χ4n) is 4.22. The molecule has 0 spiro atoms. The minimum atomic E-state index is 0. The predicted octanol–water partition coefficient (Wildman–Crippen LogP) is 2.40. The molecule has 182 valence electrons. The Morgan fingerprint density at radius 2 is 0.703 bits per heavy atom. The number of hydrogen-bond donors (Lipinski definition) is 0. The van der Waals surface area contributed by atoms with Crippen LogP contribution in [0.15, 0.2) is 146 Å².